The number of rotatable bonds is 3. The molecule has 17 heavy (non-hydrogen) atoms. The van der Waals surface area contributed by atoms with Gasteiger partial charge in [-0.05, 0) is 48.9 Å². The first-order valence-corrected chi connectivity index (χ1v) is 7.13. The van der Waals surface area contributed by atoms with E-state index in [1.807, 2.05) is 18.2 Å². The van der Waals surface area contributed by atoms with Gasteiger partial charge >= 0.3 is 0 Å². The second kappa shape index (κ2) is 5.87. The summed E-state index contributed by atoms with van der Waals surface area (Å²) < 4.78 is 7.11. The normalized spacial score (nSPS) is 24.6. The van der Waals surface area contributed by atoms with Gasteiger partial charge in [-0.3, -0.25) is 0 Å². The zero-order chi connectivity index (χ0) is 12.3. The molecule has 2 unspecified atom stereocenters. The Morgan fingerprint density at radius 3 is 2.94 bits per heavy atom. The SMILES string of the molecule is CC1CCCC(Oc2ccc(Br)c(CN)c2)C1. The lowest BCUT2D eigenvalue weighted by molar-refractivity contribution is 0.129. The van der Waals surface area contributed by atoms with Crippen LogP contribution < -0.4 is 10.5 Å². The summed E-state index contributed by atoms with van der Waals surface area (Å²) in [6, 6.07) is 6.08. The van der Waals surface area contributed by atoms with Crippen LogP contribution in [0, 0.1) is 5.92 Å². The molecule has 0 heterocycles. The fraction of sp³-hybridized carbons (Fsp3) is 0.571. The molecule has 1 saturated carbocycles. The first-order valence-electron chi connectivity index (χ1n) is 6.34. The van der Waals surface area contributed by atoms with Crippen LogP contribution in [0.25, 0.3) is 0 Å². The molecule has 1 aliphatic rings. The Kier molecular flexibility index (Phi) is 4.46. The number of halogens is 1. The maximum atomic E-state index is 6.05. The highest BCUT2D eigenvalue weighted by Crippen LogP contribution is 2.29. The number of nitrogens with two attached hydrogens (primary N) is 1. The fourth-order valence-corrected chi connectivity index (χ4v) is 2.87. The first kappa shape index (κ1) is 12.9. The largest absolute Gasteiger partial charge is 0.490 e. The van der Waals surface area contributed by atoms with Crippen LogP contribution in [0.4, 0.5) is 0 Å². The molecule has 2 nitrogen and oxygen atoms in total. The van der Waals surface area contributed by atoms with Crippen molar-refractivity contribution in [3.63, 3.8) is 0 Å². The van der Waals surface area contributed by atoms with E-state index in [0.29, 0.717) is 12.6 Å². The zero-order valence-electron chi connectivity index (χ0n) is 10.3. The minimum absolute atomic E-state index is 0.380. The molecule has 0 aliphatic heterocycles. The molecule has 0 radical (unpaired) electrons. The van der Waals surface area contributed by atoms with E-state index in [2.05, 4.69) is 22.9 Å². The maximum Gasteiger partial charge on any atom is 0.120 e. The Morgan fingerprint density at radius 1 is 1.41 bits per heavy atom. The summed E-state index contributed by atoms with van der Waals surface area (Å²) >= 11 is 3.49. The molecule has 1 aromatic carbocycles. The van der Waals surface area contributed by atoms with Crippen molar-refractivity contribution in [3.8, 4) is 5.75 Å². The van der Waals surface area contributed by atoms with E-state index in [0.717, 1.165) is 21.7 Å². The highest BCUT2D eigenvalue weighted by Gasteiger charge is 2.20. The van der Waals surface area contributed by atoms with Crippen LogP contribution in [0.5, 0.6) is 5.75 Å². The van der Waals surface area contributed by atoms with Crippen LogP contribution in [-0.2, 0) is 6.54 Å². The molecule has 1 fully saturated rings. The van der Waals surface area contributed by atoms with Gasteiger partial charge in [0, 0.05) is 11.0 Å². The molecule has 0 bridgehead atoms. The zero-order valence-corrected chi connectivity index (χ0v) is 11.9. The van der Waals surface area contributed by atoms with Crippen molar-refractivity contribution in [3.05, 3.63) is 28.2 Å². The van der Waals surface area contributed by atoms with E-state index in [9.17, 15) is 0 Å². The van der Waals surface area contributed by atoms with Crippen molar-refractivity contribution < 1.29 is 4.74 Å². The van der Waals surface area contributed by atoms with Crippen molar-refractivity contribution in [2.45, 2.75) is 45.3 Å². The summed E-state index contributed by atoms with van der Waals surface area (Å²) in [5.74, 6) is 1.74. The Labute approximate surface area is 112 Å². The van der Waals surface area contributed by atoms with Gasteiger partial charge in [-0.25, -0.2) is 0 Å². The van der Waals surface area contributed by atoms with E-state index >= 15 is 0 Å². The van der Waals surface area contributed by atoms with Gasteiger partial charge in [0.15, 0.2) is 0 Å². The van der Waals surface area contributed by atoms with Gasteiger partial charge in [-0.15, -0.1) is 0 Å². The Morgan fingerprint density at radius 2 is 2.24 bits per heavy atom. The molecule has 1 aliphatic carbocycles. The van der Waals surface area contributed by atoms with E-state index in [-0.39, 0.29) is 0 Å². The number of benzene rings is 1. The predicted molar refractivity (Wildman–Crippen MR) is 74.1 cm³/mol. The van der Waals surface area contributed by atoms with Crippen LogP contribution in [0.15, 0.2) is 22.7 Å². The highest BCUT2D eigenvalue weighted by molar-refractivity contribution is 9.10. The van der Waals surface area contributed by atoms with Gasteiger partial charge < -0.3 is 10.5 Å². The molecule has 94 valence electrons. The maximum absolute atomic E-state index is 6.05. The third kappa shape index (κ3) is 3.46. The smallest absolute Gasteiger partial charge is 0.120 e. The van der Waals surface area contributed by atoms with E-state index in [4.69, 9.17) is 10.5 Å². The standard InChI is InChI=1S/C14H20BrNO/c1-10-3-2-4-12(7-10)17-13-5-6-14(15)11(8-13)9-16/h5-6,8,10,12H,2-4,7,9,16H2,1H3. The average molecular weight is 298 g/mol. The molecular weight excluding hydrogens is 278 g/mol. The van der Waals surface area contributed by atoms with Crippen LogP contribution >= 0.6 is 15.9 Å². The van der Waals surface area contributed by atoms with Gasteiger partial charge in [0.05, 0.1) is 6.10 Å². The summed E-state index contributed by atoms with van der Waals surface area (Å²) in [7, 11) is 0. The Bertz CT molecular complexity index is 380. The minimum atomic E-state index is 0.380. The average Bonchev–Trinajstić information content (AvgIpc) is 2.32. The molecule has 2 atom stereocenters. The monoisotopic (exact) mass is 297 g/mol. The molecule has 1 aromatic rings. The molecule has 2 N–H and O–H groups in total. The quantitative estimate of drug-likeness (QED) is 0.919. The number of hydrogen-bond acceptors (Lipinski definition) is 2. The molecule has 2 rings (SSSR count). The minimum Gasteiger partial charge on any atom is -0.490 e. The van der Waals surface area contributed by atoms with Crippen molar-refractivity contribution in [2.75, 3.05) is 0 Å². The van der Waals surface area contributed by atoms with Gasteiger partial charge in [-0.1, -0.05) is 29.3 Å². The summed E-state index contributed by atoms with van der Waals surface area (Å²) in [5, 5.41) is 0. The molecule has 0 saturated heterocycles. The van der Waals surface area contributed by atoms with Gasteiger partial charge in [0.25, 0.3) is 0 Å². The molecular formula is C14H20BrNO. The Balaban J connectivity index is 2.02. The van der Waals surface area contributed by atoms with Gasteiger partial charge in [0.1, 0.15) is 5.75 Å². The van der Waals surface area contributed by atoms with Crippen LogP contribution in [0.2, 0.25) is 0 Å². The summed E-state index contributed by atoms with van der Waals surface area (Å²) in [4.78, 5) is 0. The second-order valence-electron chi connectivity index (χ2n) is 4.97. The van der Waals surface area contributed by atoms with Crippen molar-refractivity contribution in [2.24, 2.45) is 11.7 Å². The summed E-state index contributed by atoms with van der Waals surface area (Å²) in [5.41, 5.74) is 6.79. The third-order valence-corrected chi connectivity index (χ3v) is 4.20. The highest BCUT2D eigenvalue weighted by atomic mass is 79.9. The molecule has 3 heteroatoms. The van der Waals surface area contributed by atoms with Crippen LogP contribution in [0.3, 0.4) is 0 Å². The topological polar surface area (TPSA) is 35.2 Å². The lowest BCUT2D eigenvalue weighted by Gasteiger charge is -2.27. The van der Waals surface area contributed by atoms with Crippen LogP contribution in [0.1, 0.15) is 38.2 Å². The van der Waals surface area contributed by atoms with Crippen molar-refractivity contribution in [1.29, 1.82) is 0 Å². The van der Waals surface area contributed by atoms with Crippen LogP contribution in [-0.4, -0.2) is 6.10 Å². The van der Waals surface area contributed by atoms with Gasteiger partial charge in [0.2, 0.25) is 0 Å². The molecule has 0 spiro atoms. The second-order valence-corrected chi connectivity index (χ2v) is 5.82. The molecule has 0 aromatic heterocycles. The summed E-state index contributed by atoms with van der Waals surface area (Å²) in [6.45, 7) is 2.85. The molecule has 0 amide bonds. The Hall–Kier alpha value is -0.540. The predicted octanol–water partition coefficient (Wildman–Crippen LogP) is 3.87. The number of hydrogen-bond donors (Lipinski definition) is 1. The lowest BCUT2D eigenvalue weighted by atomic mass is 9.89. The van der Waals surface area contributed by atoms with E-state index < -0.39 is 0 Å². The van der Waals surface area contributed by atoms with Crippen molar-refractivity contribution >= 4 is 15.9 Å². The van der Waals surface area contributed by atoms with E-state index in [1.165, 1.54) is 25.7 Å². The first-order chi connectivity index (χ1) is 8.19. The van der Waals surface area contributed by atoms with Gasteiger partial charge in [-0.2, -0.15) is 0 Å². The lowest BCUT2D eigenvalue weighted by Crippen LogP contribution is -2.24. The fourth-order valence-electron chi connectivity index (χ4n) is 2.46. The van der Waals surface area contributed by atoms with E-state index in [1.54, 1.807) is 0 Å². The van der Waals surface area contributed by atoms with Crippen molar-refractivity contribution in [1.82, 2.24) is 0 Å². The summed E-state index contributed by atoms with van der Waals surface area (Å²) in [6.07, 6.45) is 5.36. The third-order valence-electron chi connectivity index (χ3n) is 3.43. The number of ether oxygens (including phenoxy) is 1.